The van der Waals surface area contributed by atoms with Gasteiger partial charge in [0.2, 0.25) is 5.91 Å². The van der Waals surface area contributed by atoms with Gasteiger partial charge < -0.3 is 14.6 Å². The molecule has 5 nitrogen and oxygen atoms in total. The van der Waals surface area contributed by atoms with E-state index < -0.39 is 0 Å². The summed E-state index contributed by atoms with van der Waals surface area (Å²) in [5.41, 5.74) is 0. The molecule has 1 aromatic rings. The number of amides is 1. The van der Waals surface area contributed by atoms with Crippen molar-refractivity contribution in [2.75, 3.05) is 6.61 Å². The van der Waals surface area contributed by atoms with E-state index in [0.717, 1.165) is 24.6 Å². The summed E-state index contributed by atoms with van der Waals surface area (Å²) in [5.74, 6) is 2.84. The molecule has 3 fully saturated rings. The van der Waals surface area contributed by atoms with E-state index in [1.54, 1.807) is 6.20 Å². The van der Waals surface area contributed by atoms with Crippen molar-refractivity contribution in [2.45, 2.75) is 57.1 Å². The summed E-state index contributed by atoms with van der Waals surface area (Å²) in [6.07, 6.45) is 12.3. The first-order valence-corrected chi connectivity index (χ1v) is 9.13. The van der Waals surface area contributed by atoms with Crippen molar-refractivity contribution >= 4 is 5.91 Å². The van der Waals surface area contributed by atoms with Crippen molar-refractivity contribution in [3.05, 3.63) is 18.2 Å². The summed E-state index contributed by atoms with van der Waals surface area (Å²) in [7, 11) is 1.98. The van der Waals surface area contributed by atoms with E-state index >= 15 is 0 Å². The SMILES string of the molecule is Cn1ccnc1[C@H]1OCC[C@@H]1NC(=O)[C@@H]1C[C@H]1C1CCCCC1. The maximum absolute atomic E-state index is 12.6. The van der Waals surface area contributed by atoms with Crippen LogP contribution in [0.3, 0.4) is 0 Å². The average molecular weight is 317 g/mol. The third-order valence-electron chi connectivity index (χ3n) is 5.96. The fourth-order valence-corrected chi connectivity index (χ4v) is 4.53. The van der Waals surface area contributed by atoms with Crippen LogP contribution in [0.4, 0.5) is 0 Å². The van der Waals surface area contributed by atoms with Gasteiger partial charge in [-0.3, -0.25) is 4.79 Å². The number of hydrogen-bond acceptors (Lipinski definition) is 3. The zero-order valence-corrected chi connectivity index (χ0v) is 13.9. The molecule has 2 heterocycles. The third kappa shape index (κ3) is 3.03. The Bertz CT molecular complexity index is 564. The highest BCUT2D eigenvalue weighted by atomic mass is 16.5. The highest BCUT2D eigenvalue weighted by Gasteiger charge is 2.48. The van der Waals surface area contributed by atoms with Crippen LogP contribution in [0.5, 0.6) is 0 Å². The lowest BCUT2D eigenvalue weighted by Crippen LogP contribution is -2.39. The number of nitrogens with one attached hydrogen (secondary N) is 1. The van der Waals surface area contributed by atoms with Crippen LogP contribution >= 0.6 is 0 Å². The van der Waals surface area contributed by atoms with Gasteiger partial charge in [0, 0.05) is 32.0 Å². The molecule has 2 saturated carbocycles. The Morgan fingerprint density at radius 2 is 2.13 bits per heavy atom. The van der Waals surface area contributed by atoms with Gasteiger partial charge in [0.15, 0.2) is 0 Å². The van der Waals surface area contributed by atoms with Crippen LogP contribution in [0, 0.1) is 17.8 Å². The van der Waals surface area contributed by atoms with Crippen molar-refractivity contribution in [3.8, 4) is 0 Å². The molecule has 0 aromatic carbocycles. The lowest BCUT2D eigenvalue weighted by atomic mass is 9.85. The minimum atomic E-state index is -0.106. The summed E-state index contributed by atoms with van der Waals surface area (Å²) in [6, 6.07) is 0.0659. The number of aromatic nitrogens is 2. The molecule has 4 atom stereocenters. The van der Waals surface area contributed by atoms with Gasteiger partial charge in [-0.25, -0.2) is 4.98 Å². The van der Waals surface area contributed by atoms with Gasteiger partial charge in [0.1, 0.15) is 11.9 Å². The molecular weight excluding hydrogens is 290 g/mol. The molecule has 1 N–H and O–H groups in total. The lowest BCUT2D eigenvalue weighted by Gasteiger charge is -2.22. The smallest absolute Gasteiger partial charge is 0.223 e. The fourth-order valence-electron chi connectivity index (χ4n) is 4.53. The van der Waals surface area contributed by atoms with Gasteiger partial charge in [-0.15, -0.1) is 0 Å². The number of imidazole rings is 1. The van der Waals surface area contributed by atoms with E-state index in [9.17, 15) is 4.79 Å². The molecular formula is C18H27N3O2. The molecule has 0 radical (unpaired) electrons. The molecule has 1 aromatic heterocycles. The number of ether oxygens (including phenoxy) is 1. The van der Waals surface area contributed by atoms with Gasteiger partial charge in [-0.1, -0.05) is 32.1 Å². The highest BCUT2D eigenvalue weighted by Crippen LogP contribution is 2.49. The first kappa shape index (κ1) is 15.2. The molecule has 0 bridgehead atoms. The van der Waals surface area contributed by atoms with E-state index in [1.807, 2.05) is 17.8 Å². The average Bonchev–Trinajstić information content (AvgIpc) is 3.08. The Morgan fingerprint density at radius 1 is 1.30 bits per heavy atom. The molecule has 126 valence electrons. The van der Waals surface area contributed by atoms with Crippen LogP contribution in [-0.4, -0.2) is 28.1 Å². The fraction of sp³-hybridized carbons (Fsp3) is 0.778. The number of hydrogen-bond donors (Lipinski definition) is 1. The van der Waals surface area contributed by atoms with E-state index in [1.165, 1.54) is 32.1 Å². The van der Waals surface area contributed by atoms with Crippen LogP contribution in [-0.2, 0) is 16.6 Å². The molecule has 1 amide bonds. The summed E-state index contributed by atoms with van der Waals surface area (Å²) in [4.78, 5) is 17.0. The van der Waals surface area contributed by atoms with Crippen molar-refractivity contribution < 1.29 is 9.53 Å². The van der Waals surface area contributed by atoms with Crippen LogP contribution in [0.1, 0.15) is 56.9 Å². The second-order valence-electron chi connectivity index (χ2n) is 7.50. The third-order valence-corrected chi connectivity index (χ3v) is 5.96. The molecule has 23 heavy (non-hydrogen) atoms. The largest absolute Gasteiger partial charge is 0.368 e. The number of carbonyl (C=O) groups excluding carboxylic acids is 1. The summed E-state index contributed by atoms with van der Waals surface area (Å²) in [5, 5.41) is 3.26. The minimum Gasteiger partial charge on any atom is -0.368 e. The van der Waals surface area contributed by atoms with Gasteiger partial charge >= 0.3 is 0 Å². The molecule has 1 saturated heterocycles. The Balaban J connectivity index is 1.35. The van der Waals surface area contributed by atoms with E-state index in [0.29, 0.717) is 12.5 Å². The van der Waals surface area contributed by atoms with Crippen LogP contribution < -0.4 is 5.32 Å². The van der Waals surface area contributed by atoms with Crippen molar-refractivity contribution in [1.29, 1.82) is 0 Å². The van der Waals surface area contributed by atoms with Crippen molar-refractivity contribution in [1.82, 2.24) is 14.9 Å². The number of aryl methyl sites for hydroxylation is 1. The molecule has 4 rings (SSSR count). The topological polar surface area (TPSA) is 56.1 Å². The Kier molecular flexibility index (Phi) is 4.14. The van der Waals surface area contributed by atoms with E-state index in [2.05, 4.69) is 10.3 Å². The first-order valence-electron chi connectivity index (χ1n) is 9.13. The lowest BCUT2D eigenvalue weighted by molar-refractivity contribution is -0.124. The van der Waals surface area contributed by atoms with E-state index in [-0.39, 0.29) is 24.0 Å². The quantitative estimate of drug-likeness (QED) is 0.928. The standard InChI is InChI=1S/C18H27N3O2/c1-21-9-8-19-17(21)16-15(7-10-23-16)20-18(22)14-11-13(14)12-5-3-2-4-6-12/h8-9,12-16H,2-7,10-11H2,1H3,(H,20,22)/t13-,14+,15-,16-/m0/s1. The van der Waals surface area contributed by atoms with Crippen molar-refractivity contribution in [3.63, 3.8) is 0 Å². The number of carbonyl (C=O) groups is 1. The Labute approximate surface area is 137 Å². The Hall–Kier alpha value is -1.36. The second kappa shape index (κ2) is 6.27. The van der Waals surface area contributed by atoms with Gasteiger partial charge in [-0.05, 0) is 24.7 Å². The normalized spacial score (nSPS) is 34.5. The minimum absolute atomic E-state index is 0.0659. The Morgan fingerprint density at radius 3 is 2.87 bits per heavy atom. The predicted octanol–water partition coefficient (Wildman–Crippen LogP) is 2.58. The summed E-state index contributed by atoms with van der Waals surface area (Å²) < 4.78 is 7.82. The van der Waals surface area contributed by atoms with Crippen molar-refractivity contribution in [2.24, 2.45) is 24.8 Å². The zero-order valence-electron chi connectivity index (χ0n) is 13.9. The summed E-state index contributed by atoms with van der Waals surface area (Å²) >= 11 is 0. The van der Waals surface area contributed by atoms with Crippen LogP contribution in [0.2, 0.25) is 0 Å². The van der Waals surface area contributed by atoms with Gasteiger partial charge in [0.25, 0.3) is 0 Å². The molecule has 2 aliphatic carbocycles. The molecule has 0 unspecified atom stereocenters. The monoisotopic (exact) mass is 317 g/mol. The second-order valence-corrected chi connectivity index (χ2v) is 7.50. The molecule has 0 spiro atoms. The van der Waals surface area contributed by atoms with Crippen LogP contribution in [0.15, 0.2) is 12.4 Å². The molecule has 3 aliphatic rings. The van der Waals surface area contributed by atoms with Crippen LogP contribution in [0.25, 0.3) is 0 Å². The predicted molar refractivity (Wildman–Crippen MR) is 86.6 cm³/mol. The summed E-state index contributed by atoms with van der Waals surface area (Å²) in [6.45, 7) is 0.694. The van der Waals surface area contributed by atoms with Gasteiger partial charge in [0.05, 0.1) is 6.04 Å². The molecule has 1 aliphatic heterocycles. The number of nitrogens with zero attached hydrogens (tertiary/aromatic N) is 2. The maximum atomic E-state index is 12.6. The zero-order chi connectivity index (χ0) is 15.8. The van der Waals surface area contributed by atoms with E-state index in [4.69, 9.17) is 4.74 Å². The molecule has 5 heteroatoms. The first-order chi connectivity index (χ1) is 11.2. The maximum Gasteiger partial charge on any atom is 0.223 e. The number of rotatable bonds is 4. The van der Waals surface area contributed by atoms with Gasteiger partial charge in [-0.2, -0.15) is 0 Å². The highest BCUT2D eigenvalue weighted by molar-refractivity contribution is 5.82.